The van der Waals surface area contributed by atoms with Crippen LogP contribution in [0.4, 0.5) is 0 Å². The van der Waals surface area contributed by atoms with Crippen molar-refractivity contribution in [3.8, 4) is 17.2 Å². The van der Waals surface area contributed by atoms with Crippen LogP contribution in [0.1, 0.15) is 29.1 Å². The number of aromatic amines is 1. The van der Waals surface area contributed by atoms with Crippen molar-refractivity contribution in [3.63, 3.8) is 0 Å². The molecule has 2 aromatic carbocycles. The smallest absolute Gasteiger partial charge is 0.272 e. The lowest BCUT2D eigenvalue weighted by Crippen LogP contribution is -2.27. The normalized spacial score (nSPS) is 10.5. The third kappa shape index (κ3) is 6.55. The molecule has 0 radical (unpaired) electrons. The van der Waals surface area contributed by atoms with E-state index in [1.54, 1.807) is 21.3 Å². The van der Waals surface area contributed by atoms with E-state index in [0.29, 0.717) is 42.5 Å². The summed E-state index contributed by atoms with van der Waals surface area (Å²) in [4.78, 5) is 27.3. The molecule has 1 amide bonds. The summed E-state index contributed by atoms with van der Waals surface area (Å²) < 4.78 is 15.8. The van der Waals surface area contributed by atoms with Crippen LogP contribution >= 0.6 is 0 Å². The number of amides is 1. The first kappa shape index (κ1) is 23.8. The topological polar surface area (TPSA) is 115 Å². The maximum Gasteiger partial charge on any atom is 0.272 e. The minimum absolute atomic E-state index is 0.148. The molecule has 1 aromatic heterocycles. The first-order chi connectivity index (χ1) is 16.0. The van der Waals surface area contributed by atoms with E-state index in [2.05, 4.69) is 20.5 Å². The van der Waals surface area contributed by atoms with Gasteiger partial charge in [0.2, 0.25) is 5.91 Å². The number of carbonyl (C=O) groups excluding carboxylic acids is 1. The van der Waals surface area contributed by atoms with E-state index in [1.165, 1.54) is 0 Å². The predicted octanol–water partition coefficient (Wildman–Crippen LogP) is 2.07. The summed E-state index contributed by atoms with van der Waals surface area (Å²) in [6.07, 6.45) is 1.39. The molecule has 3 rings (SSSR count). The predicted molar refractivity (Wildman–Crippen MR) is 123 cm³/mol. The number of nitrogens with one attached hydrogen (secondary N) is 2. The highest BCUT2D eigenvalue weighted by atomic mass is 16.5. The highest BCUT2D eigenvalue weighted by molar-refractivity contribution is 5.76. The molecule has 33 heavy (non-hydrogen) atoms. The Balaban J connectivity index is 1.48. The van der Waals surface area contributed by atoms with Crippen LogP contribution in [-0.2, 0) is 24.1 Å². The SMILES string of the molecule is COc1ccccc1Cc1nnc(CCC(=O)NCCc2ccc(OC)c(OC)c2)c(=O)[nH]1. The minimum Gasteiger partial charge on any atom is -0.496 e. The molecule has 0 saturated carbocycles. The number of nitrogens with zero attached hydrogens (tertiary/aromatic N) is 2. The van der Waals surface area contributed by atoms with Crippen LogP contribution in [0.15, 0.2) is 47.3 Å². The van der Waals surface area contributed by atoms with Gasteiger partial charge < -0.3 is 24.5 Å². The molecule has 9 heteroatoms. The van der Waals surface area contributed by atoms with Gasteiger partial charge in [0, 0.05) is 31.4 Å². The van der Waals surface area contributed by atoms with Crippen LogP contribution in [-0.4, -0.2) is 49.0 Å². The Morgan fingerprint density at radius 2 is 1.70 bits per heavy atom. The summed E-state index contributed by atoms with van der Waals surface area (Å²) in [5.41, 5.74) is 1.80. The van der Waals surface area contributed by atoms with Gasteiger partial charge in [0.15, 0.2) is 11.5 Å². The molecular weight excluding hydrogens is 424 g/mol. The third-order valence-electron chi connectivity index (χ3n) is 5.13. The summed E-state index contributed by atoms with van der Waals surface area (Å²) >= 11 is 0. The van der Waals surface area contributed by atoms with Crippen molar-refractivity contribution >= 4 is 5.91 Å². The van der Waals surface area contributed by atoms with E-state index < -0.39 is 0 Å². The number of hydrogen-bond acceptors (Lipinski definition) is 7. The number of aryl methyl sites for hydroxylation is 1. The number of carbonyl (C=O) groups is 1. The molecule has 0 bridgehead atoms. The van der Waals surface area contributed by atoms with Gasteiger partial charge in [-0.3, -0.25) is 9.59 Å². The first-order valence-corrected chi connectivity index (χ1v) is 10.6. The Morgan fingerprint density at radius 1 is 0.939 bits per heavy atom. The van der Waals surface area contributed by atoms with Gasteiger partial charge in [-0.05, 0) is 30.2 Å². The van der Waals surface area contributed by atoms with Crippen LogP contribution in [0.5, 0.6) is 17.2 Å². The lowest BCUT2D eigenvalue weighted by atomic mass is 10.1. The standard InChI is InChI=1S/C24H28N4O5/c1-31-19-7-5-4-6-17(19)15-22-26-24(30)18(27-28-22)9-11-23(29)25-13-12-16-8-10-20(32-2)21(14-16)33-3/h4-8,10,14H,9,11-13,15H2,1-3H3,(H,25,29)(H,26,28,30). The Hall–Kier alpha value is -3.88. The van der Waals surface area contributed by atoms with E-state index in [0.717, 1.165) is 11.1 Å². The number of rotatable bonds is 11. The van der Waals surface area contributed by atoms with E-state index in [-0.39, 0.29) is 30.0 Å². The molecule has 174 valence electrons. The quantitative estimate of drug-likeness (QED) is 0.458. The van der Waals surface area contributed by atoms with E-state index in [9.17, 15) is 9.59 Å². The van der Waals surface area contributed by atoms with Crippen molar-refractivity contribution < 1.29 is 19.0 Å². The molecule has 0 spiro atoms. The van der Waals surface area contributed by atoms with Gasteiger partial charge in [-0.1, -0.05) is 24.3 Å². The second-order valence-corrected chi connectivity index (χ2v) is 7.33. The molecule has 1 heterocycles. The summed E-state index contributed by atoms with van der Waals surface area (Å²) in [6, 6.07) is 13.2. The molecule has 0 unspecified atom stereocenters. The van der Waals surface area contributed by atoms with Crippen LogP contribution in [0.3, 0.4) is 0 Å². The monoisotopic (exact) mass is 452 g/mol. The molecule has 2 N–H and O–H groups in total. The van der Waals surface area contributed by atoms with Crippen molar-refractivity contribution in [1.82, 2.24) is 20.5 Å². The molecule has 0 aliphatic heterocycles. The second kappa shape index (κ2) is 11.7. The van der Waals surface area contributed by atoms with Gasteiger partial charge >= 0.3 is 0 Å². The number of benzene rings is 2. The van der Waals surface area contributed by atoms with Gasteiger partial charge in [0.25, 0.3) is 5.56 Å². The molecule has 3 aromatic rings. The van der Waals surface area contributed by atoms with E-state index >= 15 is 0 Å². The zero-order chi connectivity index (χ0) is 23.6. The van der Waals surface area contributed by atoms with Crippen molar-refractivity contribution in [1.29, 1.82) is 0 Å². The Labute approximate surface area is 192 Å². The van der Waals surface area contributed by atoms with E-state index in [1.807, 2.05) is 42.5 Å². The Bertz CT molecular complexity index is 1150. The fourth-order valence-electron chi connectivity index (χ4n) is 3.37. The number of aromatic nitrogens is 3. The summed E-state index contributed by atoms with van der Waals surface area (Å²) in [5.74, 6) is 2.30. The molecule has 0 atom stereocenters. The maximum atomic E-state index is 12.4. The molecule has 9 nitrogen and oxygen atoms in total. The number of ether oxygens (including phenoxy) is 3. The molecule has 0 aliphatic rings. The van der Waals surface area contributed by atoms with Crippen LogP contribution in [0.25, 0.3) is 0 Å². The second-order valence-electron chi connectivity index (χ2n) is 7.33. The average molecular weight is 453 g/mol. The first-order valence-electron chi connectivity index (χ1n) is 10.6. The lowest BCUT2D eigenvalue weighted by molar-refractivity contribution is -0.121. The third-order valence-corrected chi connectivity index (χ3v) is 5.13. The van der Waals surface area contributed by atoms with Gasteiger partial charge in [-0.2, -0.15) is 0 Å². The summed E-state index contributed by atoms with van der Waals surface area (Å²) in [5, 5.41) is 11.0. The summed E-state index contributed by atoms with van der Waals surface area (Å²) in [7, 11) is 4.76. The fraction of sp³-hybridized carbons (Fsp3) is 0.333. The highest BCUT2D eigenvalue weighted by Gasteiger charge is 2.11. The Morgan fingerprint density at radius 3 is 2.42 bits per heavy atom. The zero-order valence-corrected chi connectivity index (χ0v) is 19.0. The molecule has 0 aliphatic carbocycles. The largest absolute Gasteiger partial charge is 0.496 e. The van der Waals surface area contributed by atoms with Crippen molar-refractivity contribution in [2.75, 3.05) is 27.9 Å². The van der Waals surface area contributed by atoms with Gasteiger partial charge in [0.1, 0.15) is 17.3 Å². The van der Waals surface area contributed by atoms with Gasteiger partial charge in [-0.15, -0.1) is 10.2 Å². The minimum atomic E-state index is -0.340. The lowest BCUT2D eigenvalue weighted by Gasteiger charge is -2.10. The summed E-state index contributed by atoms with van der Waals surface area (Å²) in [6.45, 7) is 0.466. The van der Waals surface area contributed by atoms with Gasteiger partial charge in [0.05, 0.1) is 21.3 Å². The van der Waals surface area contributed by atoms with Crippen molar-refractivity contribution in [2.45, 2.75) is 25.7 Å². The van der Waals surface area contributed by atoms with Crippen LogP contribution < -0.4 is 25.1 Å². The van der Waals surface area contributed by atoms with Crippen molar-refractivity contribution in [2.24, 2.45) is 0 Å². The maximum absolute atomic E-state index is 12.4. The van der Waals surface area contributed by atoms with Crippen LogP contribution in [0, 0.1) is 0 Å². The molecular formula is C24H28N4O5. The number of methoxy groups -OCH3 is 3. The number of hydrogen-bond donors (Lipinski definition) is 2. The zero-order valence-electron chi connectivity index (χ0n) is 19.0. The number of para-hydroxylation sites is 1. The molecule has 0 fully saturated rings. The molecule has 0 saturated heterocycles. The van der Waals surface area contributed by atoms with Crippen molar-refractivity contribution in [3.05, 3.63) is 75.5 Å². The Kier molecular flexibility index (Phi) is 8.40. The average Bonchev–Trinajstić information content (AvgIpc) is 2.83. The fourth-order valence-corrected chi connectivity index (χ4v) is 3.37. The van der Waals surface area contributed by atoms with E-state index in [4.69, 9.17) is 14.2 Å². The highest BCUT2D eigenvalue weighted by Crippen LogP contribution is 2.27. The van der Waals surface area contributed by atoms with Gasteiger partial charge in [-0.25, -0.2) is 0 Å². The van der Waals surface area contributed by atoms with Crippen LogP contribution in [0.2, 0.25) is 0 Å². The number of H-pyrrole nitrogens is 1.